The fraction of sp³-hybridized carbons (Fsp3) is 0.303. The van der Waals surface area contributed by atoms with Gasteiger partial charge in [0.25, 0.3) is 5.91 Å². The number of anilines is 1. The molecule has 0 bridgehead atoms. The van der Waals surface area contributed by atoms with Crippen molar-refractivity contribution in [3.05, 3.63) is 113 Å². The summed E-state index contributed by atoms with van der Waals surface area (Å²) >= 11 is 0. The molecule has 0 aliphatic heterocycles. The summed E-state index contributed by atoms with van der Waals surface area (Å²) in [7, 11) is 0. The summed E-state index contributed by atoms with van der Waals surface area (Å²) in [5.41, 5.74) is 4.14. The zero-order valence-corrected chi connectivity index (χ0v) is 23.7. The molecule has 4 aromatic rings. The first-order chi connectivity index (χ1) is 18.4. The molecule has 1 aromatic heterocycles. The zero-order chi connectivity index (χ0) is 28.2. The molecule has 0 radical (unpaired) electrons. The average Bonchev–Trinajstić information content (AvgIpc) is 3.33. The smallest absolute Gasteiger partial charge is 0.254 e. The maximum atomic E-state index is 13.7. The van der Waals surface area contributed by atoms with E-state index in [9.17, 15) is 9.59 Å². The van der Waals surface area contributed by atoms with Crippen molar-refractivity contribution in [1.82, 2.24) is 14.7 Å². The molecule has 0 atom stereocenters. The Morgan fingerprint density at radius 3 is 1.95 bits per heavy atom. The van der Waals surface area contributed by atoms with Crippen molar-refractivity contribution in [3.63, 3.8) is 0 Å². The number of carbonyl (C=O) groups is 2. The summed E-state index contributed by atoms with van der Waals surface area (Å²) in [6, 6.07) is 29.0. The minimum absolute atomic E-state index is 0.0151. The molecule has 202 valence electrons. The summed E-state index contributed by atoms with van der Waals surface area (Å²) in [5.74, 6) is 0.0855. The molecule has 3 aromatic carbocycles. The lowest BCUT2D eigenvalue weighted by Gasteiger charge is -2.24. The Morgan fingerprint density at radius 2 is 1.38 bits per heavy atom. The van der Waals surface area contributed by atoms with E-state index in [-0.39, 0.29) is 29.2 Å². The summed E-state index contributed by atoms with van der Waals surface area (Å²) < 4.78 is 1.74. The standard InChI is InChI=1S/C33H38N4O2/c1-32(2,3)26-19-17-25(18-20-26)31(39)36(22-24-13-9-7-10-14-24)23-30(38)34-29-21-28(33(4,5)6)35-37(29)27-15-11-8-12-16-27/h7-21H,22-23H2,1-6H3,(H,34,38). The van der Waals surface area contributed by atoms with Crippen LogP contribution in [-0.4, -0.2) is 33.0 Å². The van der Waals surface area contributed by atoms with Crippen molar-refractivity contribution in [2.45, 2.75) is 58.9 Å². The van der Waals surface area contributed by atoms with Gasteiger partial charge in [0, 0.05) is 23.6 Å². The zero-order valence-electron chi connectivity index (χ0n) is 23.7. The second-order valence-electron chi connectivity index (χ2n) is 11.9. The van der Waals surface area contributed by atoms with Crippen LogP contribution in [0.25, 0.3) is 5.69 Å². The highest BCUT2D eigenvalue weighted by atomic mass is 16.2. The van der Waals surface area contributed by atoms with E-state index in [1.165, 1.54) is 0 Å². The van der Waals surface area contributed by atoms with Crippen molar-refractivity contribution >= 4 is 17.6 Å². The highest BCUT2D eigenvalue weighted by Gasteiger charge is 2.24. The van der Waals surface area contributed by atoms with Crippen LogP contribution in [0.4, 0.5) is 5.82 Å². The first-order valence-electron chi connectivity index (χ1n) is 13.3. The van der Waals surface area contributed by atoms with Crippen LogP contribution in [0.2, 0.25) is 0 Å². The van der Waals surface area contributed by atoms with Crippen molar-refractivity contribution in [2.75, 3.05) is 11.9 Å². The average molecular weight is 523 g/mol. The third-order valence-electron chi connectivity index (χ3n) is 6.58. The van der Waals surface area contributed by atoms with Gasteiger partial charge in [-0.05, 0) is 40.8 Å². The summed E-state index contributed by atoms with van der Waals surface area (Å²) in [6.07, 6.45) is 0. The van der Waals surface area contributed by atoms with E-state index in [1.807, 2.05) is 91.0 Å². The fourth-order valence-corrected chi connectivity index (χ4v) is 4.26. The van der Waals surface area contributed by atoms with Crippen LogP contribution in [-0.2, 0) is 22.2 Å². The van der Waals surface area contributed by atoms with Gasteiger partial charge in [0.2, 0.25) is 5.91 Å². The molecule has 0 aliphatic carbocycles. The molecule has 39 heavy (non-hydrogen) atoms. The van der Waals surface area contributed by atoms with Gasteiger partial charge in [-0.3, -0.25) is 9.59 Å². The molecule has 0 spiro atoms. The van der Waals surface area contributed by atoms with Crippen molar-refractivity contribution in [1.29, 1.82) is 0 Å². The largest absolute Gasteiger partial charge is 0.325 e. The lowest BCUT2D eigenvalue weighted by Crippen LogP contribution is -2.38. The van der Waals surface area contributed by atoms with Gasteiger partial charge in [-0.1, -0.05) is 102 Å². The van der Waals surface area contributed by atoms with E-state index in [0.717, 1.165) is 22.5 Å². The number of hydrogen-bond acceptors (Lipinski definition) is 3. The van der Waals surface area contributed by atoms with Gasteiger partial charge in [-0.15, -0.1) is 0 Å². The number of para-hydroxylation sites is 1. The first-order valence-corrected chi connectivity index (χ1v) is 13.3. The van der Waals surface area contributed by atoms with Gasteiger partial charge in [0.05, 0.1) is 11.4 Å². The number of benzene rings is 3. The maximum absolute atomic E-state index is 13.7. The number of amides is 2. The van der Waals surface area contributed by atoms with E-state index in [1.54, 1.807) is 9.58 Å². The molecular weight excluding hydrogens is 484 g/mol. The van der Waals surface area contributed by atoms with Crippen LogP contribution in [0.15, 0.2) is 91.0 Å². The molecule has 1 N–H and O–H groups in total. The van der Waals surface area contributed by atoms with Crippen LogP contribution < -0.4 is 5.32 Å². The quantitative estimate of drug-likeness (QED) is 0.292. The molecular formula is C33H38N4O2. The normalized spacial score (nSPS) is 11.7. The Labute approximate surface area is 231 Å². The van der Waals surface area contributed by atoms with Gasteiger partial charge in [-0.25, -0.2) is 4.68 Å². The molecule has 2 amide bonds. The van der Waals surface area contributed by atoms with Crippen molar-refractivity contribution in [3.8, 4) is 5.69 Å². The monoisotopic (exact) mass is 522 g/mol. The van der Waals surface area contributed by atoms with E-state index in [0.29, 0.717) is 17.9 Å². The molecule has 0 fully saturated rings. The van der Waals surface area contributed by atoms with Gasteiger partial charge in [-0.2, -0.15) is 5.10 Å². The number of nitrogens with zero attached hydrogens (tertiary/aromatic N) is 3. The van der Waals surface area contributed by atoms with Gasteiger partial charge >= 0.3 is 0 Å². The Hall–Kier alpha value is -4.19. The van der Waals surface area contributed by atoms with Crippen LogP contribution in [0.1, 0.15) is 68.7 Å². The lowest BCUT2D eigenvalue weighted by atomic mass is 9.86. The van der Waals surface area contributed by atoms with E-state index >= 15 is 0 Å². The third kappa shape index (κ3) is 7.02. The molecule has 6 nitrogen and oxygen atoms in total. The summed E-state index contributed by atoms with van der Waals surface area (Å²) in [6.45, 7) is 12.9. The van der Waals surface area contributed by atoms with Gasteiger partial charge in [0.15, 0.2) is 0 Å². The topological polar surface area (TPSA) is 67.2 Å². The summed E-state index contributed by atoms with van der Waals surface area (Å²) in [5, 5.41) is 7.80. The Morgan fingerprint density at radius 1 is 0.795 bits per heavy atom. The Bertz CT molecular complexity index is 1410. The predicted octanol–water partition coefficient (Wildman–Crippen LogP) is 6.75. The molecule has 0 aliphatic rings. The van der Waals surface area contributed by atoms with Crippen molar-refractivity contribution < 1.29 is 9.59 Å². The SMILES string of the molecule is CC(C)(C)c1ccc(C(=O)N(CC(=O)Nc2cc(C(C)(C)C)nn2-c2ccccc2)Cc2ccccc2)cc1. The molecule has 0 saturated heterocycles. The first kappa shape index (κ1) is 27.8. The number of carbonyl (C=O) groups excluding carboxylic acids is 2. The number of aromatic nitrogens is 2. The number of rotatable bonds is 7. The lowest BCUT2D eigenvalue weighted by molar-refractivity contribution is -0.117. The predicted molar refractivity (Wildman–Crippen MR) is 157 cm³/mol. The molecule has 4 rings (SSSR count). The number of nitrogens with one attached hydrogen (secondary N) is 1. The van der Waals surface area contributed by atoms with Gasteiger partial charge < -0.3 is 10.2 Å². The van der Waals surface area contributed by atoms with E-state index in [4.69, 9.17) is 5.10 Å². The van der Waals surface area contributed by atoms with Crippen LogP contribution in [0.3, 0.4) is 0 Å². The van der Waals surface area contributed by atoms with E-state index < -0.39 is 0 Å². The van der Waals surface area contributed by atoms with Crippen LogP contribution in [0.5, 0.6) is 0 Å². The third-order valence-corrected chi connectivity index (χ3v) is 6.58. The van der Waals surface area contributed by atoms with E-state index in [2.05, 4.69) is 46.9 Å². The number of hydrogen-bond donors (Lipinski definition) is 1. The van der Waals surface area contributed by atoms with Crippen LogP contribution in [0, 0.1) is 0 Å². The Balaban J connectivity index is 1.60. The summed E-state index contributed by atoms with van der Waals surface area (Å²) in [4.78, 5) is 28.7. The highest BCUT2D eigenvalue weighted by Crippen LogP contribution is 2.27. The molecule has 6 heteroatoms. The van der Waals surface area contributed by atoms with Gasteiger partial charge in [0.1, 0.15) is 12.4 Å². The Kier molecular flexibility index (Phi) is 8.05. The minimum atomic E-state index is -0.289. The highest BCUT2D eigenvalue weighted by molar-refractivity contribution is 5.99. The second kappa shape index (κ2) is 11.3. The minimum Gasteiger partial charge on any atom is -0.325 e. The second-order valence-corrected chi connectivity index (χ2v) is 11.9. The molecule has 1 heterocycles. The molecule has 0 saturated carbocycles. The maximum Gasteiger partial charge on any atom is 0.254 e. The van der Waals surface area contributed by atoms with Crippen molar-refractivity contribution in [2.24, 2.45) is 0 Å². The molecule has 0 unspecified atom stereocenters. The van der Waals surface area contributed by atoms with Crippen LogP contribution >= 0.6 is 0 Å². The fourth-order valence-electron chi connectivity index (χ4n) is 4.26.